The van der Waals surface area contributed by atoms with E-state index < -0.39 is 0 Å². The highest BCUT2D eigenvalue weighted by Gasteiger charge is 1.87. The Balaban J connectivity index is 2.33. The molecular weight excluding hydrogens is 136 g/mol. The Morgan fingerprint density at radius 2 is 2.55 bits per heavy atom. The molecule has 1 aromatic rings. The fourth-order valence-corrected chi connectivity index (χ4v) is 0.821. The molecule has 0 atom stereocenters. The van der Waals surface area contributed by atoms with Gasteiger partial charge in [0, 0.05) is 25.5 Å². The standard InChI is InChI=1S/C9H12N2/c1-2-5-10-7-9-4-3-6-11-8-9/h2-4,6,8,10H,1,5,7H2. The predicted molar refractivity (Wildman–Crippen MR) is 46.1 cm³/mol. The van der Waals surface area contributed by atoms with Crippen LogP contribution in [0.2, 0.25) is 0 Å². The lowest BCUT2D eigenvalue weighted by Gasteiger charge is -1.99. The maximum atomic E-state index is 4.00. The average Bonchev–Trinajstić information content (AvgIpc) is 2.07. The van der Waals surface area contributed by atoms with E-state index >= 15 is 0 Å². The van der Waals surface area contributed by atoms with Crippen LogP contribution in [0.1, 0.15) is 5.56 Å². The second kappa shape index (κ2) is 4.63. The molecule has 1 rings (SSSR count). The van der Waals surface area contributed by atoms with Crippen molar-refractivity contribution in [3.05, 3.63) is 42.7 Å². The second-order valence-corrected chi connectivity index (χ2v) is 2.28. The number of hydrogen-bond donors (Lipinski definition) is 1. The summed E-state index contributed by atoms with van der Waals surface area (Å²) in [4.78, 5) is 4.00. The van der Waals surface area contributed by atoms with Gasteiger partial charge in [-0.2, -0.15) is 0 Å². The monoisotopic (exact) mass is 148 g/mol. The van der Waals surface area contributed by atoms with Crippen LogP contribution in [-0.4, -0.2) is 11.5 Å². The predicted octanol–water partition coefficient (Wildman–Crippen LogP) is 1.36. The van der Waals surface area contributed by atoms with E-state index in [-0.39, 0.29) is 0 Å². The molecule has 0 aliphatic carbocycles. The van der Waals surface area contributed by atoms with Gasteiger partial charge in [-0.25, -0.2) is 0 Å². The Bertz CT molecular complexity index is 206. The SMILES string of the molecule is C=CCNCc1cccnc1. The molecule has 2 heteroatoms. The van der Waals surface area contributed by atoms with Gasteiger partial charge in [-0.3, -0.25) is 4.98 Å². The van der Waals surface area contributed by atoms with Gasteiger partial charge in [-0.1, -0.05) is 12.1 Å². The van der Waals surface area contributed by atoms with Crippen LogP contribution in [0, 0.1) is 0 Å². The van der Waals surface area contributed by atoms with Crippen molar-refractivity contribution in [2.75, 3.05) is 6.54 Å². The van der Waals surface area contributed by atoms with Crippen molar-refractivity contribution in [1.29, 1.82) is 0 Å². The molecule has 0 saturated carbocycles. The van der Waals surface area contributed by atoms with E-state index in [9.17, 15) is 0 Å². The number of hydrogen-bond acceptors (Lipinski definition) is 2. The first kappa shape index (κ1) is 7.95. The second-order valence-electron chi connectivity index (χ2n) is 2.28. The summed E-state index contributed by atoms with van der Waals surface area (Å²) >= 11 is 0. The van der Waals surface area contributed by atoms with Crippen molar-refractivity contribution in [3.8, 4) is 0 Å². The highest BCUT2D eigenvalue weighted by atomic mass is 14.8. The van der Waals surface area contributed by atoms with Crippen LogP contribution in [0.15, 0.2) is 37.2 Å². The van der Waals surface area contributed by atoms with Gasteiger partial charge >= 0.3 is 0 Å². The van der Waals surface area contributed by atoms with Gasteiger partial charge < -0.3 is 5.32 Å². The number of rotatable bonds is 4. The summed E-state index contributed by atoms with van der Waals surface area (Å²) in [5.41, 5.74) is 1.20. The molecule has 11 heavy (non-hydrogen) atoms. The first-order valence-electron chi connectivity index (χ1n) is 3.64. The first-order valence-corrected chi connectivity index (χ1v) is 3.64. The van der Waals surface area contributed by atoms with Crippen LogP contribution in [-0.2, 0) is 6.54 Å². The van der Waals surface area contributed by atoms with Gasteiger partial charge in [0.05, 0.1) is 0 Å². The van der Waals surface area contributed by atoms with Crippen LogP contribution in [0.25, 0.3) is 0 Å². The van der Waals surface area contributed by atoms with Gasteiger partial charge in [0.25, 0.3) is 0 Å². The van der Waals surface area contributed by atoms with Gasteiger partial charge in [0.1, 0.15) is 0 Å². The third-order valence-corrected chi connectivity index (χ3v) is 1.34. The zero-order valence-electron chi connectivity index (χ0n) is 6.46. The first-order chi connectivity index (χ1) is 5.43. The summed E-state index contributed by atoms with van der Waals surface area (Å²) in [7, 11) is 0. The van der Waals surface area contributed by atoms with Crippen LogP contribution >= 0.6 is 0 Å². The highest BCUT2D eigenvalue weighted by molar-refractivity contribution is 5.07. The molecule has 0 saturated heterocycles. The molecule has 0 aromatic carbocycles. The van der Waals surface area contributed by atoms with Gasteiger partial charge in [-0.15, -0.1) is 6.58 Å². The third-order valence-electron chi connectivity index (χ3n) is 1.34. The zero-order valence-corrected chi connectivity index (χ0v) is 6.46. The molecule has 0 bridgehead atoms. The molecule has 0 spiro atoms. The number of pyridine rings is 1. The van der Waals surface area contributed by atoms with Crippen molar-refractivity contribution in [1.82, 2.24) is 10.3 Å². The van der Waals surface area contributed by atoms with Crippen LogP contribution < -0.4 is 5.32 Å². The normalized spacial score (nSPS) is 9.45. The van der Waals surface area contributed by atoms with E-state index in [1.54, 1.807) is 6.20 Å². The molecule has 0 unspecified atom stereocenters. The molecule has 2 nitrogen and oxygen atoms in total. The Morgan fingerprint density at radius 1 is 1.64 bits per heavy atom. The Hall–Kier alpha value is -1.15. The van der Waals surface area contributed by atoms with Crippen molar-refractivity contribution in [3.63, 3.8) is 0 Å². The largest absolute Gasteiger partial charge is 0.309 e. The molecule has 0 aliphatic rings. The lowest BCUT2D eigenvalue weighted by atomic mass is 10.3. The fraction of sp³-hybridized carbons (Fsp3) is 0.222. The quantitative estimate of drug-likeness (QED) is 0.515. The fourth-order valence-electron chi connectivity index (χ4n) is 0.821. The van der Waals surface area contributed by atoms with Crippen molar-refractivity contribution in [2.45, 2.75) is 6.54 Å². The number of nitrogens with zero attached hydrogens (tertiary/aromatic N) is 1. The van der Waals surface area contributed by atoms with E-state index in [0.29, 0.717) is 0 Å². The Labute approximate surface area is 67.0 Å². The summed E-state index contributed by atoms with van der Waals surface area (Å²) in [5, 5.41) is 3.19. The third kappa shape index (κ3) is 2.96. The molecule has 1 aromatic heterocycles. The van der Waals surface area contributed by atoms with Gasteiger partial charge in [0.15, 0.2) is 0 Å². The van der Waals surface area contributed by atoms with Crippen molar-refractivity contribution in [2.24, 2.45) is 0 Å². The van der Waals surface area contributed by atoms with Crippen LogP contribution in [0.3, 0.4) is 0 Å². The van der Waals surface area contributed by atoms with Gasteiger partial charge in [0.2, 0.25) is 0 Å². The van der Waals surface area contributed by atoms with E-state index in [2.05, 4.69) is 16.9 Å². The highest BCUT2D eigenvalue weighted by Crippen LogP contribution is 1.93. The molecular formula is C9H12N2. The minimum atomic E-state index is 0.842. The van der Waals surface area contributed by atoms with Crippen LogP contribution in [0.4, 0.5) is 0 Å². The smallest absolute Gasteiger partial charge is 0.0312 e. The summed E-state index contributed by atoms with van der Waals surface area (Å²) < 4.78 is 0. The maximum Gasteiger partial charge on any atom is 0.0312 e. The van der Waals surface area contributed by atoms with Crippen molar-refractivity contribution < 1.29 is 0 Å². The van der Waals surface area contributed by atoms with E-state index in [1.807, 2.05) is 24.4 Å². The molecule has 0 fully saturated rings. The van der Waals surface area contributed by atoms with E-state index in [0.717, 1.165) is 13.1 Å². The van der Waals surface area contributed by atoms with Crippen LogP contribution in [0.5, 0.6) is 0 Å². The summed E-state index contributed by atoms with van der Waals surface area (Å²) in [6, 6.07) is 3.98. The molecule has 0 aliphatic heterocycles. The van der Waals surface area contributed by atoms with Gasteiger partial charge in [-0.05, 0) is 11.6 Å². The molecule has 58 valence electrons. The lowest BCUT2D eigenvalue weighted by molar-refractivity contribution is 0.757. The summed E-state index contributed by atoms with van der Waals surface area (Å²) in [6.07, 6.45) is 5.48. The van der Waals surface area contributed by atoms with E-state index in [4.69, 9.17) is 0 Å². The minimum absolute atomic E-state index is 0.842. The number of aromatic nitrogens is 1. The molecule has 0 amide bonds. The topological polar surface area (TPSA) is 24.9 Å². The Morgan fingerprint density at radius 3 is 3.18 bits per heavy atom. The zero-order chi connectivity index (χ0) is 7.94. The minimum Gasteiger partial charge on any atom is -0.309 e. The van der Waals surface area contributed by atoms with Crippen molar-refractivity contribution >= 4 is 0 Å². The summed E-state index contributed by atoms with van der Waals surface area (Å²) in [6.45, 7) is 5.32. The molecule has 1 heterocycles. The maximum absolute atomic E-state index is 4.00. The average molecular weight is 148 g/mol. The number of nitrogens with one attached hydrogen (secondary N) is 1. The Kier molecular flexibility index (Phi) is 3.35. The molecule has 0 radical (unpaired) electrons. The summed E-state index contributed by atoms with van der Waals surface area (Å²) in [5.74, 6) is 0. The molecule has 1 N–H and O–H groups in total. The van der Waals surface area contributed by atoms with E-state index in [1.165, 1.54) is 5.56 Å². The lowest BCUT2D eigenvalue weighted by Crippen LogP contribution is -2.12.